The Kier molecular flexibility index (Phi) is 4.06. The van der Waals surface area contributed by atoms with Crippen molar-refractivity contribution in [3.63, 3.8) is 0 Å². The molecule has 0 saturated heterocycles. The molecule has 0 bridgehead atoms. The van der Waals surface area contributed by atoms with Crippen molar-refractivity contribution in [2.75, 3.05) is 6.61 Å². The summed E-state index contributed by atoms with van der Waals surface area (Å²) < 4.78 is 34.8. The lowest BCUT2D eigenvalue weighted by Gasteiger charge is -2.13. The molecule has 0 atom stereocenters. The molecular formula is C12H14ClN3O3S2. The topological polar surface area (TPSA) is 73.2 Å². The first-order valence-corrected chi connectivity index (χ1v) is 9.01. The van der Waals surface area contributed by atoms with E-state index in [1.54, 1.807) is 10.7 Å². The molecule has 1 N–H and O–H groups in total. The largest absolute Gasteiger partial charge is 0.376 e. The van der Waals surface area contributed by atoms with Gasteiger partial charge in [-0.25, -0.2) is 13.1 Å². The molecule has 3 rings (SSSR count). The maximum absolute atomic E-state index is 12.2. The molecule has 0 radical (unpaired) electrons. The van der Waals surface area contributed by atoms with Crippen LogP contribution in [0, 0.1) is 0 Å². The van der Waals surface area contributed by atoms with Crippen LogP contribution in [0.15, 0.2) is 16.3 Å². The van der Waals surface area contributed by atoms with Crippen molar-refractivity contribution >= 4 is 33.0 Å². The molecule has 9 heteroatoms. The number of aromatic nitrogens is 2. The fourth-order valence-corrected chi connectivity index (χ4v) is 4.82. The quantitative estimate of drug-likeness (QED) is 0.913. The molecule has 6 nitrogen and oxygen atoms in total. The van der Waals surface area contributed by atoms with Gasteiger partial charge in [-0.05, 0) is 12.1 Å². The van der Waals surface area contributed by atoms with Gasteiger partial charge < -0.3 is 4.74 Å². The number of fused-ring (bicyclic) bond motifs is 1. The molecule has 0 fully saturated rings. The zero-order valence-electron chi connectivity index (χ0n) is 11.3. The first kappa shape index (κ1) is 15.0. The fraction of sp³-hybridized carbons (Fsp3) is 0.417. The highest BCUT2D eigenvalue weighted by molar-refractivity contribution is 7.91. The van der Waals surface area contributed by atoms with Crippen LogP contribution in [0.4, 0.5) is 0 Å². The lowest BCUT2D eigenvalue weighted by molar-refractivity contribution is 0.108. The summed E-state index contributed by atoms with van der Waals surface area (Å²) in [5, 5.41) is 4.38. The zero-order chi connectivity index (χ0) is 15.0. The van der Waals surface area contributed by atoms with Crippen molar-refractivity contribution in [1.29, 1.82) is 0 Å². The second-order valence-corrected chi connectivity index (χ2v) is 8.39. The third kappa shape index (κ3) is 3.00. The molecule has 2 aromatic rings. The molecule has 0 saturated carbocycles. The maximum atomic E-state index is 12.2. The summed E-state index contributed by atoms with van der Waals surface area (Å²) in [6, 6.07) is 3.06. The van der Waals surface area contributed by atoms with Gasteiger partial charge in [-0.1, -0.05) is 11.6 Å². The van der Waals surface area contributed by atoms with Crippen molar-refractivity contribution in [2.45, 2.75) is 23.8 Å². The Morgan fingerprint density at radius 3 is 3.05 bits per heavy atom. The number of hydrogen-bond donors (Lipinski definition) is 1. The first-order valence-electron chi connectivity index (χ1n) is 6.34. The summed E-state index contributed by atoms with van der Waals surface area (Å²) in [6.45, 7) is 1.29. The predicted molar refractivity (Wildman–Crippen MR) is 79.9 cm³/mol. The van der Waals surface area contributed by atoms with Gasteiger partial charge in [-0.15, -0.1) is 11.3 Å². The van der Waals surface area contributed by atoms with E-state index in [4.69, 9.17) is 16.3 Å². The smallest absolute Gasteiger partial charge is 0.250 e. The molecule has 0 aromatic carbocycles. The normalized spacial score (nSPS) is 15.1. The molecule has 114 valence electrons. The monoisotopic (exact) mass is 347 g/mol. The molecular weight excluding hydrogens is 334 g/mol. The highest BCUT2D eigenvalue weighted by Crippen LogP contribution is 2.26. The lowest BCUT2D eigenvalue weighted by atomic mass is 10.1. The van der Waals surface area contributed by atoms with Crippen LogP contribution in [0.5, 0.6) is 0 Å². The standard InChI is InChI=1S/C12H14ClN3O3S2/c1-16-10-4-5-19-7-8(10)9(15-16)6-14-21(17,18)12-3-2-11(13)20-12/h2-3,14H,4-7H2,1H3. The maximum Gasteiger partial charge on any atom is 0.250 e. The van der Waals surface area contributed by atoms with E-state index in [1.165, 1.54) is 6.07 Å². The molecule has 1 aliphatic rings. The van der Waals surface area contributed by atoms with Gasteiger partial charge in [0.1, 0.15) is 4.21 Å². The number of thiophene rings is 1. The Balaban J connectivity index is 1.79. The second kappa shape index (κ2) is 5.69. The summed E-state index contributed by atoms with van der Waals surface area (Å²) in [5.41, 5.74) is 2.80. The molecule has 0 aliphatic carbocycles. The van der Waals surface area contributed by atoms with Gasteiger partial charge in [0.25, 0.3) is 0 Å². The number of ether oxygens (including phenoxy) is 1. The number of halogens is 1. The summed E-state index contributed by atoms with van der Waals surface area (Å²) in [6.07, 6.45) is 0.798. The van der Waals surface area contributed by atoms with Crippen LogP contribution >= 0.6 is 22.9 Å². The molecule has 0 unspecified atom stereocenters. The Labute approximate surface area is 131 Å². The molecule has 0 spiro atoms. The number of sulfonamides is 1. The molecule has 3 heterocycles. The minimum absolute atomic E-state index is 0.143. The lowest BCUT2D eigenvalue weighted by Crippen LogP contribution is -2.23. The first-order chi connectivity index (χ1) is 9.97. The van der Waals surface area contributed by atoms with Gasteiger partial charge in [0.05, 0.1) is 29.8 Å². The van der Waals surface area contributed by atoms with Crippen molar-refractivity contribution in [3.05, 3.63) is 33.4 Å². The predicted octanol–water partition coefficient (Wildman–Crippen LogP) is 1.69. The Morgan fingerprint density at radius 2 is 2.33 bits per heavy atom. The fourth-order valence-electron chi connectivity index (χ4n) is 2.30. The summed E-state index contributed by atoms with van der Waals surface area (Å²) in [4.78, 5) is 0. The summed E-state index contributed by atoms with van der Waals surface area (Å²) in [7, 11) is -1.70. The highest BCUT2D eigenvalue weighted by Gasteiger charge is 2.22. The average Bonchev–Trinajstić information content (AvgIpc) is 3.02. The van der Waals surface area contributed by atoms with Crippen LogP contribution < -0.4 is 4.72 Å². The molecule has 0 amide bonds. The van der Waals surface area contributed by atoms with Crippen LogP contribution in [0.3, 0.4) is 0 Å². The van der Waals surface area contributed by atoms with Gasteiger partial charge in [0.15, 0.2) is 0 Å². The van der Waals surface area contributed by atoms with Crippen molar-refractivity contribution in [2.24, 2.45) is 7.05 Å². The van der Waals surface area contributed by atoms with Crippen LogP contribution in [0.25, 0.3) is 0 Å². The Morgan fingerprint density at radius 1 is 1.52 bits per heavy atom. The second-order valence-electron chi connectivity index (χ2n) is 4.68. The van der Waals surface area contributed by atoms with Gasteiger partial charge in [0, 0.05) is 24.7 Å². The van der Waals surface area contributed by atoms with E-state index in [-0.39, 0.29) is 10.8 Å². The third-order valence-corrected chi connectivity index (χ3v) is 6.45. The number of nitrogens with one attached hydrogen (secondary N) is 1. The highest BCUT2D eigenvalue weighted by atomic mass is 35.5. The van der Waals surface area contributed by atoms with Crippen molar-refractivity contribution < 1.29 is 13.2 Å². The van der Waals surface area contributed by atoms with E-state index in [0.29, 0.717) is 23.2 Å². The number of hydrogen-bond acceptors (Lipinski definition) is 5. The zero-order valence-corrected chi connectivity index (χ0v) is 13.7. The van der Waals surface area contributed by atoms with Gasteiger partial charge in [-0.3, -0.25) is 4.68 Å². The minimum Gasteiger partial charge on any atom is -0.376 e. The summed E-state index contributed by atoms with van der Waals surface area (Å²) >= 11 is 6.80. The third-order valence-electron chi connectivity index (χ3n) is 3.33. The van der Waals surface area contributed by atoms with E-state index in [9.17, 15) is 8.42 Å². The van der Waals surface area contributed by atoms with E-state index in [1.807, 2.05) is 7.05 Å². The van der Waals surface area contributed by atoms with Gasteiger partial charge in [0.2, 0.25) is 10.0 Å². The minimum atomic E-state index is -3.56. The van der Waals surface area contributed by atoms with Crippen molar-refractivity contribution in [1.82, 2.24) is 14.5 Å². The van der Waals surface area contributed by atoms with Crippen molar-refractivity contribution in [3.8, 4) is 0 Å². The van der Waals surface area contributed by atoms with E-state index in [0.717, 1.165) is 29.0 Å². The van der Waals surface area contributed by atoms with Gasteiger partial charge in [-0.2, -0.15) is 5.10 Å². The summed E-state index contributed by atoms with van der Waals surface area (Å²) in [5.74, 6) is 0. The van der Waals surface area contributed by atoms with Gasteiger partial charge >= 0.3 is 0 Å². The molecule has 1 aliphatic heterocycles. The molecule has 21 heavy (non-hydrogen) atoms. The number of aryl methyl sites for hydroxylation is 1. The number of nitrogens with zero attached hydrogens (tertiary/aromatic N) is 2. The van der Waals surface area contributed by atoms with Crippen LogP contribution in [0.2, 0.25) is 4.34 Å². The van der Waals surface area contributed by atoms with Crippen LogP contribution in [-0.2, 0) is 41.4 Å². The van der Waals surface area contributed by atoms with E-state index < -0.39 is 10.0 Å². The number of rotatable bonds is 4. The van der Waals surface area contributed by atoms with Crippen LogP contribution in [0.1, 0.15) is 17.0 Å². The Hall–Kier alpha value is -0.930. The van der Waals surface area contributed by atoms with Crippen LogP contribution in [-0.4, -0.2) is 24.8 Å². The Bertz CT molecular complexity index is 767. The SMILES string of the molecule is Cn1nc(CNS(=O)(=O)c2ccc(Cl)s2)c2c1CCOC2. The van der Waals surface area contributed by atoms with E-state index >= 15 is 0 Å². The average molecular weight is 348 g/mol. The van der Waals surface area contributed by atoms with E-state index in [2.05, 4.69) is 9.82 Å². The molecule has 2 aromatic heterocycles.